The summed E-state index contributed by atoms with van der Waals surface area (Å²) in [6, 6.07) is 29.5. The van der Waals surface area contributed by atoms with Crippen molar-refractivity contribution in [2.75, 3.05) is 0 Å². The lowest BCUT2D eigenvalue weighted by Gasteiger charge is -2.18. The van der Waals surface area contributed by atoms with Crippen LogP contribution in [0.3, 0.4) is 0 Å². The van der Waals surface area contributed by atoms with Gasteiger partial charge in [0.25, 0.3) is 0 Å². The third kappa shape index (κ3) is 5.67. The van der Waals surface area contributed by atoms with E-state index in [-0.39, 0.29) is 18.8 Å². The van der Waals surface area contributed by atoms with E-state index in [0.29, 0.717) is 11.0 Å². The van der Waals surface area contributed by atoms with Crippen molar-refractivity contribution < 1.29 is 23.5 Å². The molecule has 5 rings (SSSR count). The van der Waals surface area contributed by atoms with Gasteiger partial charge in [0, 0.05) is 17.9 Å². The number of hydrogen-bond donors (Lipinski definition) is 1. The molecule has 37 heavy (non-hydrogen) atoms. The van der Waals surface area contributed by atoms with Crippen molar-refractivity contribution in [3.63, 3.8) is 0 Å². The van der Waals surface area contributed by atoms with E-state index in [4.69, 9.17) is 13.9 Å². The van der Waals surface area contributed by atoms with Gasteiger partial charge in [0.1, 0.15) is 24.0 Å². The molecule has 0 saturated heterocycles. The molecule has 1 atom stereocenters. The van der Waals surface area contributed by atoms with Gasteiger partial charge in [-0.05, 0) is 34.7 Å². The molecule has 0 unspecified atom stereocenters. The number of alkyl carbamates (subject to hydrolysis) is 1. The maximum absolute atomic E-state index is 13.2. The highest BCUT2D eigenvalue weighted by Gasteiger charge is 2.24. The van der Waals surface area contributed by atoms with Crippen molar-refractivity contribution >= 4 is 33.8 Å². The average molecular weight is 494 g/mol. The molecular weight excluding hydrogens is 470 g/mol. The lowest BCUT2D eigenvalue weighted by molar-refractivity contribution is -0.136. The van der Waals surface area contributed by atoms with E-state index in [0.717, 1.165) is 21.9 Å². The lowest BCUT2D eigenvalue weighted by Crippen LogP contribution is -2.44. The fourth-order valence-corrected chi connectivity index (χ4v) is 4.06. The molecule has 0 saturated carbocycles. The first-order chi connectivity index (χ1) is 18.1. The van der Waals surface area contributed by atoms with Crippen LogP contribution in [-0.4, -0.2) is 18.1 Å². The van der Waals surface area contributed by atoms with Crippen molar-refractivity contribution in [3.05, 3.63) is 125 Å². The zero-order chi connectivity index (χ0) is 25.6. The van der Waals surface area contributed by atoms with Gasteiger partial charge >= 0.3 is 17.7 Å². The first-order valence-corrected chi connectivity index (χ1v) is 11.8. The third-order valence-corrected chi connectivity index (χ3v) is 5.88. The summed E-state index contributed by atoms with van der Waals surface area (Å²) in [7, 11) is 0. The molecule has 1 N–H and O–H groups in total. The monoisotopic (exact) mass is 493 g/mol. The van der Waals surface area contributed by atoms with E-state index in [9.17, 15) is 14.4 Å². The fourth-order valence-electron chi connectivity index (χ4n) is 4.06. The van der Waals surface area contributed by atoms with Crippen molar-refractivity contribution in [1.29, 1.82) is 0 Å². The van der Waals surface area contributed by atoms with Crippen molar-refractivity contribution in [1.82, 2.24) is 5.32 Å². The Morgan fingerprint density at radius 2 is 1.41 bits per heavy atom. The Labute approximate surface area is 212 Å². The summed E-state index contributed by atoms with van der Waals surface area (Å²) in [5.41, 5.74) is 1.48. The Kier molecular flexibility index (Phi) is 6.94. The van der Waals surface area contributed by atoms with Gasteiger partial charge in [-0.3, -0.25) is 0 Å². The summed E-state index contributed by atoms with van der Waals surface area (Å²) in [6.45, 7) is 0.0669. The van der Waals surface area contributed by atoms with Crippen LogP contribution in [0.4, 0.5) is 4.79 Å². The summed E-state index contributed by atoms with van der Waals surface area (Å²) in [4.78, 5) is 38.1. The first kappa shape index (κ1) is 23.8. The van der Waals surface area contributed by atoms with E-state index < -0.39 is 23.7 Å². The van der Waals surface area contributed by atoms with Crippen LogP contribution in [-0.2, 0) is 22.6 Å². The Morgan fingerprint density at radius 1 is 0.757 bits per heavy atom. The topological polar surface area (TPSA) is 94.8 Å². The van der Waals surface area contributed by atoms with Gasteiger partial charge in [-0.2, -0.15) is 0 Å². The number of fused-ring (bicyclic) bond motifs is 3. The minimum Gasteiger partial charge on any atom is -0.445 e. The molecule has 7 heteroatoms. The first-order valence-electron chi connectivity index (χ1n) is 11.8. The molecule has 0 spiro atoms. The van der Waals surface area contributed by atoms with Gasteiger partial charge in [0.05, 0.1) is 5.39 Å². The van der Waals surface area contributed by atoms with Crippen LogP contribution in [0.15, 0.2) is 112 Å². The van der Waals surface area contributed by atoms with Crippen LogP contribution >= 0.6 is 0 Å². The van der Waals surface area contributed by atoms with E-state index >= 15 is 0 Å². The number of carbonyl (C=O) groups is 2. The van der Waals surface area contributed by atoms with Gasteiger partial charge in [-0.25, -0.2) is 14.4 Å². The second kappa shape index (κ2) is 10.8. The molecule has 0 aliphatic rings. The van der Waals surface area contributed by atoms with Gasteiger partial charge < -0.3 is 19.2 Å². The highest BCUT2D eigenvalue weighted by Crippen LogP contribution is 2.26. The minimum absolute atomic E-state index is 0.0669. The van der Waals surface area contributed by atoms with E-state index in [2.05, 4.69) is 5.32 Å². The SMILES string of the molecule is O=C(N[C@@H](Cc1ccccc1)C(=O)Oc1ccc2c(c1)oc(=O)c1ccccc12)OCc1ccccc1. The third-order valence-electron chi connectivity index (χ3n) is 5.88. The summed E-state index contributed by atoms with van der Waals surface area (Å²) in [5, 5.41) is 4.56. The quantitative estimate of drug-likeness (QED) is 0.141. The second-order valence-electron chi connectivity index (χ2n) is 8.46. The molecule has 5 aromatic rings. The largest absolute Gasteiger partial charge is 0.445 e. The smallest absolute Gasteiger partial charge is 0.408 e. The van der Waals surface area contributed by atoms with Gasteiger partial charge in [0.15, 0.2) is 0 Å². The minimum atomic E-state index is -1.01. The molecule has 4 aromatic carbocycles. The average Bonchev–Trinajstić information content (AvgIpc) is 2.93. The van der Waals surface area contributed by atoms with Gasteiger partial charge in [-0.1, -0.05) is 78.9 Å². The molecular formula is C30H23NO6. The molecule has 7 nitrogen and oxygen atoms in total. The van der Waals surface area contributed by atoms with Crippen LogP contribution in [0.25, 0.3) is 21.7 Å². The molecule has 1 aromatic heterocycles. The molecule has 0 aliphatic heterocycles. The maximum Gasteiger partial charge on any atom is 0.408 e. The highest BCUT2D eigenvalue weighted by molar-refractivity contribution is 6.04. The van der Waals surface area contributed by atoms with E-state index in [1.807, 2.05) is 72.8 Å². The maximum atomic E-state index is 13.2. The lowest BCUT2D eigenvalue weighted by atomic mass is 10.1. The zero-order valence-electron chi connectivity index (χ0n) is 19.8. The highest BCUT2D eigenvalue weighted by atomic mass is 16.6. The normalized spacial score (nSPS) is 11.7. The number of benzene rings is 4. The van der Waals surface area contributed by atoms with Crippen molar-refractivity contribution in [3.8, 4) is 5.75 Å². The molecule has 0 fully saturated rings. The number of rotatable bonds is 7. The summed E-state index contributed by atoms with van der Waals surface area (Å²) >= 11 is 0. The van der Waals surface area contributed by atoms with Crippen LogP contribution in [0.2, 0.25) is 0 Å². The summed E-state index contributed by atoms with van der Waals surface area (Å²) in [6.07, 6.45) is -0.536. The molecule has 0 bridgehead atoms. The summed E-state index contributed by atoms with van der Waals surface area (Å²) in [5.74, 6) is -0.489. The van der Waals surface area contributed by atoms with Gasteiger partial charge in [-0.15, -0.1) is 0 Å². The van der Waals surface area contributed by atoms with E-state index in [1.165, 1.54) is 6.07 Å². The molecule has 0 radical (unpaired) electrons. The molecule has 184 valence electrons. The van der Waals surface area contributed by atoms with Crippen molar-refractivity contribution in [2.24, 2.45) is 0 Å². The van der Waals surface area contributed by atoms with Gasteiger partial charge in [0.2, 0.25) is 0 Å². The number of ether oxygens (including phenoxy) is 2. The van der Waals surface area contributed by atoms with E-state index in [1.54, 1.807) is 24.3 Å². The fraction of sp³-hybridized carbons (Fsp3) is 0.100. The Morgan fingerprint density at radius 3 is 2.14 bits per heavy atom. The number of nitrogens with one attached hydrogen (secondary N) is 1. The Hall–Kier alpha value is -4.91. The number of hydrogen-bond acceptors (Lipinski definition) is 6. The standard InChI is InChI=1S/C30H23NO6/c32-28-25-14-8-7-13-23(25)24-16-15-22(18-27(24)37-28)36-29(33)26(17-20-9-3-1-4-10-20)31-30(34)35-19-21-11-5-2-6-12-21/h1-16,18,26H,17,19H2,(H,31,34)/t26-/m0/s1. The number of esters is 1. The zero-order valence-corrected chi connectivity index (χ0v) is 19.8. The Balaban J connectivity index is 1.35. The second-order valence-corrected chi connectivity index (χ2v) is 8.46. The molecule has 0 aliphatic carbocycles. The van der Waals surface area contributed by atoms with Crippen LogP contribution < -0.4 is 15.7 Å². The van der Waals surface area contributed by atoms with Crippen LogP contribution in [0.1, 0.15) is 11.1 Å². The van der Waals surface area contributed by atoms with Crippen LogP contribution in [0, 0.1) is 0 Å². The predicted octanol–water partition coefficient (Wildman–Crippen LogP) is 5.39. The molecule has 1 heterocycles. The number of amides is 1. The summed E-state index contributed by atoms with van der Waals surface area (Å²) < 4.78 is 16.4. The Bertz CT molecular complexity index is 1610. The van der Waals surface area contributed by atoms with Crippen molar-refractivity contribution in [2.45, 2.75) is 19.1 Å². The molecule has 1 amide bonds. The predicted molar refractivity (Wildman–Crippen MR) is 139 cm³/mol. The van der Waals surface area contributed by atoms with Crippen LogP contribution in [0.5, 0.6) is 5.75 Å². The number of carbonyl (C=O) groups excluding carboxylic acids is 2.